The number of rotatable bonds is 7. The molecule has 0 bridgehead atoms. The van der Waals surface area contributed by atoms with Crippen molar-refractivity contribution < 1.29 is 4.79 Å². The fourth-order valence-electron chi connectivity index (χ4n) is 1.76. The van der Waals surface area contributed by atoms with E-state index in [0.717, 1.165) is 38.8 Å². The van der Waals surface area contributed by atoms with Crippen LogP contribution in [0.4, 0.5) is 0 Å². The summed E-state index contributed by atoms with van der Waals surface area (Å²) in [6.45, 7) is 8.04. The Morgan fingerprint density at radius 2 is 1.69 bits per heavy atom. The van der Waals surface area contributed by atoms with Crippen molar-refractivity contribution in [1.82, 2.24) is 4.90 Å². The number of nitrogens with zero attached hydrogens (tertiary/aromatic N) is 1. The fraction of sp³-hybridized carbons (Fsp3) is 0.923. The Kier molecular flexibility index (Phi) is 7.39. The summed E-state index contributed by atoms with van der Waals surface area (Å²) in [5.74, 6) is 0.266. The minimum atomic E-state index is 0.184. The predicted octanol–water partition coefficient (Wildman–Crippen LogP) is 2.40. The van der Waals surface area contributed by atoms with Crippen LogP contribution in [-0.2, 0) is 4.79 Å². The molecule has 0 saturated heterocycles. The van der Waals surface area contributed by atoms with Gasteiger partial charge in [0.05, 0.1) is 0 Å². The average molecular weight is 228 g/mol. The molecule has 1 amide bonds. The van der Waals surface area contributed by atoms with E-state index in [1.54, 1.807) is 0 Å². The van der Waals surface area contributed by atoms with Crippen LogP contribution in [0.5, 0.6) is 0 Å². The highest BCUT2D eigenvalue weighted by Crippen LogP contribution is 2.15. The molecule has 0 unspecified atom stereocenters. The first-order valence-corrected chi connectivity index (χ1v) is 6.31. The van der Waals surface area contributed by atoms with Gasteiger partial charge in [-0.2, -0.15) is 0 Å². The molecule has 0 aromatic rings. The third kappa shape index (κ3) is 8.72. The van der Waals surface area contributed by atoms with Gasteiger partial charge in [0.1, 0.15) is 0 Å². The second-order valence-corrected chi connectivity index (χ2v) is 5.76. The fourth-order valence-corrected chi connectivity index (χ4v) is 1.76. The largest absolute Gasteiger partial charge is 0.345 e. The minimum Gasteiger partial charge on any atom is -0.345 e. The number of amides is 1. The standard InChI is InChI=1S/C13H28N2O/c1-13(2,3)11-15(4)12(16)9-7-5-6-8-10-14/h5-11,14H2,1-4H3. The third-order valence-corrected chi connectivity index (χ3v) is 2.48. The molecular formula is C13H28N2O. The first-order valence-electron chi connectivity index (χ1n) is 6.31. The highest BCUT2D eigenvalue weighted by Gasteiger charge is 2.16. The molecule has 0 heterocycles. The molecule has 96 valence electrons. The number of carbonyl (C=O) groups excluding carboxylic acids is 1. The molecule has 2 N–H and O–H groups in total. The van der Waals surface area contributed by atoms with Gasteiger partial charge in [0.2, 0.25) is 5.91 Å². The van der Waals surface area contributed by atoms with Gasteiger partial charge in [0.25, 0.3) is 0 Å². The first kappa shape index (κ1) is 15.4. The van der Waals surface area contributed by atoms with Crippen molar-refractivity contribution in [1.29, 1.82) is 0 Å². The van der Waals surface area contributed by atoms with Crippen LogP contribution in [0.1, 0.15) is 52.9 Å². The smallest absolute Gasteiger partial charge is 0.222 e. The number of hydrogen-bond acceptors (Lipinski definition) is 2. The van der Waals surface area contributed by atoms with Gasteiger partial charge in [-0.15, -0.1) is 0 Å². The van der Waals surface area contributed by atoms with Gasteiger partial charge in [-0.05, 0) is 24.8 Å². The molecule has 0 saturated carbocycles. The highest BCUT2D eigenvalue weighted by molar-refractivity contribution is 5.75. The van der Waals surface area contributed by atoms with Crippen LogP contribution in [0.25, 0.3) is 0 Å². The second kappa shape index (κ2) is 7.66. The zero-order valence-corrected chi connectivity index (χ0v) is 11.4. The molecule has 0 spiro atoms. The maximum atomic E-state index is 11.8. The predicted molar refractivity (Wildman–Crippen MR) is 69.2 cm³/mol. The number of hydrogen-bond donors (Lipinski definition) is 1. The lowest BCUT2D eigenvalue weighted by atomic mass is 9.96. The van der Waals surface area contributed by atoms with Crippen LogP contribution < -0.4 is 5.73 Å². The Bertz CT molecular complexity index is 197. The number of nitrogens with two attached hydrogens (primary N) is 1. The molecular weight excluding hydrogens is 200 g/mol. The molecule has 0 radical (unpaired) electrons. The van der Waals surface area contributed by atoms with E-state index in [2.05, 4.69) is 20.8 Å². The average Bonchev–Trinajstić information content (AvgIpc) is 2.14. The third-order valence-electron chi connectivity index (χ3n) is 2.48. The second-order valence-electron chi connectivity index (χ2n) is 5.76. The zero-order chi connectivity index (χ0) is 12.6. The lowest BCUT2D eigenvalue weighted by molar-refractivity contribution is -0.131. The van der Waals surface area contributed by atoms with Crippen molar-refractivity contribution in [3.8, 4) is 0 Å². The molecule has 0 aliphatic heterocycles. The van der Waals surface area contributed by atoms with Gasteiger partial charge in [-0.25, -0.2) is 0 Å². The summed E-state index contributed by atoms with van der Waals surface area (Å²) in [5.41, 5.74) is 5.60. The topological polar surface area (TPSA) is 46.3 Å². The summed E-state index contributed by atoms with van der Waals surface area (Å²) in [6, 6.07) is 0. The zero-order valence-electron chi connectivity index (χ0n) is 11.4. The molecule has 0 rings (SSSR count). The molecule has 3 nitrogen and oxygen atoms in total. The number of unbranched alkanes of at least 4 members (excludes halogenated alkanes) is 3. The summed E-state index contributed by atoms with van der Waals surface area (Å²) < 4.78 is 0. The summed E-state index contributed by atoms with van der Waals surface area (Å²) in [6.07, 6.45) is 5.01. The molecule has 0 aromatic carbocycles. The van der Waals surface area contributed by atoms with Gasteiger partial charge in [-0.1, -0.05) is 33.6 Å². The van der Waals surface area contributed by atoms with Crippen molar-refractivity contribution >= 4 is 5.91 Å². The molecule has 0 aromatic heterocycles. The Labute approximate surface area is 100 Å². The Balaban J connectivity index is 3.64. The highest BCUT2D eigenvalue weighted by atomic mass is 16.2. The quantitative estimate of drug-likeness (QED) is 0.680. The summed E-state index contributed by atoms with van der Waals surface area (Å²) >= 11 is 0. The van der Waals surface area contributed by atoms with Crippen molar-refractivity contribution in [2.75, 3.05) is 20.1 Å². The van der Waals surface area contributed by atoms with Crippen LogP contribution in [-0.4, -0.2) is 30.9 Å². The maximum Gasteiger partial charge on any atom is 0.222 e. The van der Waals surface area contributed by atoms with Crippen molar-refractivity contribution in [3.63, 3.8) is 0 Å². The van der Waals surface area contributed by atoms with E-state index in [0.29, 0.717) is 6.42 Å². The lowest BCUT2D eigenvalue weighted by Crippen LogP contribution is -2.34. The SMILES string of the molecule is CN(CC(C)(C)C)C(=O)CCCCCCN. The van der Waals surface area contributed by atoms with E-state index in [1.807, 2.05) is 11.9 Å². The van der Waals surface area contributed by atoms with Crippen LogP contribution >= 0.6 is 0 Å². The normalized spacial score (nSPS) is 11.6. The Hall–Kier alpha value is -0.570. The molecule has 0 aliphatic rings. The molecule has 0 aliphatic carbocycles. The minimum absolute atomic E-state index is 0.184. The number of carbonyl (C=O) groups is 1. The van der Waals surface area contributed by atoms with Crippen LogP contribution in [0.3, 0.4) is 0 Å². The monoisotopic (exact) mass is 228 g/mol. The summed E-state index contributed by atoms with van der Waals surface area (Å²) in [4.78, 5) is 13.6. The summed E-state index contributed by atoms with van der Waals surface area (Å²) in [5, 5.41) is 0. The van der Waals surface area contributed by atoms with Gasteiger partial charge in [0, 0.05) is 20.0 Å². The van der Waals surface area contributed by atoms with E-state index in [1.165, 1.54) is 0 Å². The molecule has 16 heavy (non-hydrogen) atoms. The van der Waals surface area contributed by atoms with Gasteiger partial charge >= 0.3 is 0 Å². The Morgan fingerprint density at radius 3 is 2.19 bits per heavy atom. The maximum absolute atomic E-state index is 11.8. The van der Waals surface area contributed by atoms with Gasteiger partial charge in [0.15, 0.2) is 0 Å². The van der Waals surface area contributed by atoms with Crippen LogP contribution in [0.2, 0.25) is 0 Å². The Morgan fingerprint density at radius 1 is 1.12 bits per heavy atom. The van der Waals surface area contributed by atoms with E-state index in [-0.39, 0.29) is 11.3 Å². The van der Waals surface area contributed by atoms with E-state index in [4.69, 9.17) is 5.73 Å². The molecule has 0 atom stereocenters. The van der Waals surface area contributed by atoms with Crippen LogP contribution in [0.15, 0.2) is 0 Å². The van der Waals surface area contributed by atoms with Crippen molar-refractivity contribution in [3.05, 3.63) is 0 Å². The first-order chi connectivity index (χ1) is 7.37. The van der Waals surface area contributed by atoms with E-state index >= 15 is 0 Å². The molecule has 3 heteroatoms. The van der Waals surface area contributed by atoms with E-state index < -0.39 is 0 Å². The summed E-state index contributed by atoms with van der Waals surface area (Å²) in [7, 11) is 1.90. The molecule has 0 fully saturated rings. The lowest BCUT2D eigenvalue weighted by Gasteiger charge is -2.26. The van der Waals surface area contributed by atoms with Crippen LogP contribution in [0, 0.1) is 5.41 Å². The van der Waals surface area contributed by atoms with Crippen molar-refractivity contribution in [2.24, 2.45) is 11.1 Å². The van der Waals surface area contributed by atoms with Gasteiger partial charge in [-0.3, -0.25) is 4.79 Å². The van der Waals surface area contributed by atoms with Crippen molar-refractivity contribution in [2.45, 2.75) is 52.9 Å². The van der Waals surface area contributed by atoms with E-state index in [9.17, 15) is 4.79 Å². The van der Waals surface area contributed by atoms with Gasteiger partial charge < -0.3 is 10.6 Å².